The summed E-state index contributed by atoms with van der Waals surface area (Å²) in [4.78, 5) is 34.6. The number of halogens is 1. The van der Waals surface area contributed by atoms with Crippen LogP contribution in [0.1, 0.15) is 15.9 Å². The van der Waals surface area contributed by atoms with E-state index in [2.05, 4.69) is 0 Å². The Morgan fingerprint density at radius 1 is 1.41 bits per heavy atom. The van der Waals surface area contributed by atoms with E-state index in [1.54, 1.807) is 0 Å². The number of nitrogens with zero attached hydrogens (tertiary/aromatic N) is 1. The number of aryl methyl sites for hydroxylation is 1. The minimum absolute atomic E-state index is 0.0752. The summed E-state index contributed by atoms with van der Waals surface area (Å²) in [5, 5.41) is 8.67. The third-order valence-electron chi connectivity index (χ3n) is 2.51. The molecule has 0 bridgehead atoms. The van der Waals surface area contributed by atoms with Gasteiger partial charge in [0.25, 0.3) is 11.7 Å². The minimum Gasteiger partial charge on any atom is -0.480 e. The van der Waals surface area contributed by atoms with Crippen molar-refractivity contribution in [2.24, 2.45) is 0 Å². The zero-order chi connectivity index (χ0) is 12.7. The second-order valence-corrected chi connectivity index (χ2v) is 3.73. The Kier molecular flexibility index (Phi) is 2.42. The van der Waals surface area contributed by atoms with E-state index >= 15 is 0 Å². The van der Waals surface area contributed by atoms with Crippen LogP contribution in [-0.4, -0.2) is 29.3 Å². The zero-order valence-corrected chi connectivity index (χ0v) is 8.86. The number of anilines is 1. The Morgan fingerprint density at radius 2 is 2.06 bits per heavy atom. The first kappa shape index (κ1) is 11.3. The van der Waals surface area contributed by atoms with E-state index in [9.17, 15) is 18.8 Å². The summed E-state index contributed by atoms with van der Waals surface area (Å²) in [6.45, 7) is 0.909. The number of ketones is 1. The lowest BCUT2D eigenvalue weighted by Gasteiger charge is -2.15. The fourth-order valence-corrected chi connectivity index (χ4v) is 1.89. The summed E-state index contributed by atoms with van der Waals surface area (Å²) >= 11 is 0. The number of fused-ring (bicyclic) bond motifs is 1. The smallest absolute Gasteiger partial charge is 0.323 e. The van der Waals surface area contributed by atoms with E-state index in [0.717, 1.165) is 17.0 Å². The number of aliphatic carboxylic acids is 1. The van der Waals surface area contributed by atoms with E-state index in [1.807, 2.05) is 0 Å². The average Bonchev–Trinajstić information content (AvgIpc) is 2.43. The van der Waals surface area contributed by atoms with Gasteiger partial charge in [-0.3, -0.25) is 19.3 Å². The molecule has 0 unspecified atom stereocenters. The molecule has 1 amide bonds. The Bertz CT molecular complexity index is 553. The molecule has 1 aromatic carbocycles. The highest BCUT2D eigenvalue weighted by atomic mass is 19.1. The van der Waals surface area contributed by atoms with Gasteiger partial charge < -0.3 is 5.11 Å². The number of hydrogen-bond donors (Lipinski definition) is 1. The van der Waals surface area contributed by atoms with Crippen molar-refractivity contribution in [1.82, 2.24) is 0 Å². The van der Waals surface area contributed by atoms with Crippen LogP contribution in [0.5, 0.6) is 0 Å². The molecule has 1 aliphatic rings. The molecule has 0 fully saturated rings. The molecule has 1 heterocycles. The molecule has 6 heteroatoms. The predicted octanol–water partition coefficient (Wildman–Crippen LogP) is 0.748. The first-order chi connectivity index (χ1) is 7.91. The molecule has 88 valence electrons. The summed E-state index contributed by atoms with van der Waals surface area (Å²) in [7, 11) is 0. The second-order valence-electron chi connectivity index (χ2n) is 3.73. The Morgan fingerprint density at radius 3 is 2.65 bits per heavy atom. The number of carbonyl (C=O) groups is 3. The SMILES string of the molecule is Cc1cc(F)cc2c1N(CC(=O)O)C(=O)C2=O. The van der Waals surface area contributed by atoms with Gasteiger partial charge in [0.05, 0.1) is 11.3 Å². The fraction of sp³-hybridized carbons (Fsp3) is 0.182. The fourth-order valence-electron chi connectivity index (χ4n) is 1.89. The summed E-state index contributed by atoms with van der Waals surface area (Å²) in [5.41, 5.74) is 0.470. The average molecular weight is 237 g/mol. The normalized spacial score (nSPS) is 14.1. The van der Waals surface area contributed by atoms with Gasteiger partial charge in [-0.25, -0.2) is 4.39 Å². The van der Waals surface area contributed by atoms with Crippen LogP contribution in [0.3, 0.4) is 0 Å². The van der Waals surface area contributed by atoms with E-state index in [4.69, 9.17) is 5.11 Å². The van der Waals surface area contributed by atoms with Gasteiger partial charge >= 0.3 is 5.97 Å². The Hall–Kier alpha value is -2.24. The largest absolute Gasteiger partial charge is 0.480 e. The standard InChI is InChI=1S/C11H8FNO4/c1-5-2-6(12)3-7-9(5)13(4-8(14)15)11(17)10(7)16/h2-3H,4H2,1H3,(H,14,15). The molecule has 2 rings (SSSR count). The highest BCUT2D eigenvalue weighted by Gasteiger charge is 2.38. The van der Waals surface area contributed by atoms with E-state index in [0.29, 0.717) is 5.56 Å². The van der Waals surface area contributed by atoms with Crippen LogP contribution >= 0.6 is 0 Å². The lowest BCUT2D eigenvalue weighted by molar-refractivity contribution is -0.136. The molecule has 1 aliphatic heterocycles. The third-order valence-corrected chi connectivity index (χ3v) is 2.51. The van der Waals surface area contributed by atoms with E-state index in [-0.39, 0.29) is 11.3 Å². The monoisotopic (exact) mass is 237 g/mol. The Labute approximate surface area is 95.5 Å². The van der Waals surface area contributed by atoms with Crippen molar-refractivity contribution >= 4 is 23.3 Å². The number of hydrogen-bond acceptors (Lipinski definition) is 3. The number of carboxylic acids is 1. The first-order valence-corrected chi connectivity index (χ1v) is 4.80. The molecule has 0 aliphatic carbocycles. The van der Waals surface area contributed by atoms with E-state index in [1.165, 1.54) is 6.92 Å². The maximum atomic E-state index is 13.1. The highest BCUT2D eigenvalue weighted by Crippen LogP contribution is 2.32. The predicted molar refractivity (Wildman–Crippen MR) is 55.5 cm³/mol. The lowest BCUT2D eigenvalue weighted by Crippen LogP contribution is -2.34. The summed E-state index contributed by atoms with van der Waals surface area (Å²) in [5.74, 6) is -3.66. The molecule has 1 N–H and O–H groups in total. The van der Waals surface area contributed by atoms with Gasteiger partial charge in [-0.05, 0) is 24.6 Å². The third kappa shape index (κ3) is 1.67. The van der Waals surface area contributed by atoms with Crippen LogP contribution in [0.15, 0.2) is 12.1 Å². The van der Waals surface area contributed by atoms with Gasteiger partial charge in [0.2, 0.25) is 0 Å². The molecule has 0 aromatic heterocycles. The number of carboxylic acid groups (broad SMARTS) is 1. The number of carbonyl (C=O) groups excluding carboxylic acids is 2. The molecule has 0 saturated carbocycles. The maximum absolute atomic E-state index is 13.1. The van der Waals surface area contributed by atoms with Crippen LogP contribution in [0.4, 0.5) is 10.1 Å². The molecule has 1 aromatic rings. The number of rotatable bonds is 2. The second kappa shape index (κ2) is 3.65. The quantitative estimate of drug-likeness (QED) is 0.770. The van der Waals surface area contributed by atoms with Gasteiger partial charge in [0.1, 0.15) is 12.4 Å². The summed E-state index contributed by atoms with van der Waals surface area (Å²) < 4.78 is 13.1. The van der Waals surface area contributed by atoms with E-state index < -0.39 is 30.0 Å². The number of Topliss-reactive ketones (excluding diaryl/α,β-unsaturated/α-hetero) is 1. The minimum atomic E-state index is -1.23. The molecule has 0 radical (unpaired) electrons. The summed E-state index contributed by atoms with van der Waals surface area (Å²) in [6.07, 6.45) is 0. The van der Waals surface area contributed by atoms with Crippen LogP contribution < -0.4 is 4.90 Å². The van der Waals surface area contributed by atoms with Gasteiger partial charge in [0.15, 0.2) is 0 Å². The summed E-state index contributed by atoms with van der Waals surface area (Å²) in [6, 6.07) is 2.10. The zero-order valence-electron chi connectivity index (χ0n) is 8.86. The highest BCUT2D eigenvalue weighted by molar-refractivity contribution is 6.52. The van der Waals surface area contributed by atoms with Crippen molar-refractivity contribution in [2.75, 3.05) is 11.4 Å². The van der Waals surface area contributed by atoms with Crippen LogP contribution in [0.2, 0.25) is 0 Å². The van der Waals surface area contributed by atoms with Gasteiger partial charge in [-0.1, -0.05) is 0 Å². The molecular formula is C11H8FNO4. The lowest BCUT2D eigenvalue weighted by atomic mass is 10.1. The van der Waals surface area contributed by atoms with Crippen molar-refractivity contribution in [3.63, 3.8) is 0 Å². The van der Waals surface area contributed by atoms with Gasteiger partial charge in [0, 0.05) is 0 Å². The van der Waals surface area contributed by atoms with Crippen LogP contribution in [-0.2, 0) is 9.59 Å². The molecule has 17 heavy (non-hydrogen) atoms. The van der Waals surface area contributed by atoms with Gasteiger partial charge in [-0.15, -0.1) is 0 Å². The van der Waals surface area contributed by atoms with Crippen molar-refractivity contribution in [3.05, 3.63) is 29.1 Å². The van der Waals surface area contributed by atoms with Crippen molar-refractivity contribution in [2.45, 2.75) is 6.92 Å². The number of benzene rings is 1. The molecule has 0 saturated heterocycles. The van der Waals surface area contributed by atoms with Crippen molar-refractivity contribution in [1.29, 1.82) is 0 Å². The van der Waals surface area contributed by atoms with Crippen LogP contribution in [0, 0.1) is 12.7 Å². The number of amides is 1. The molecule has 5 nitrogen and oxygen atoms in total. The molecular weight excluding hydrogens is 229 g/mol. The van der Waals surface area contributed by atoms with Gasteiger partial charge in [-0.2, -0.15) is 0 Å². The maximum Gasteiger partial charge on any atom is 0.323 e. The van der Waals surface area contributed by atoms with Crippen LogP contribution in [0.25, 0.3) is 0 Å². The van der Waals surface area contributed by atoms with Crippen molar-refractivity contribution < 1.29 is 23.9 Å². The molecule has 0 atom stereocenters. The topological polar surface area (TPSA) is 74.7 Å². The van der Waals surface area contributed by atoms with Crippen molar-refractivity contribution in [3.8, 4) is 0 Å². The molecule has 0 spiro atoms. The Balaban J connectivity index is 2.60. The first-order valence-electron chi connectivity index (χ1n) is 4.80.